The molecule has 0 radical (unpaired) electrons. The maximum absolute atomic E-state index is 12.4. The van der Waals surface area contributed by atoms with Crippen molar-refractivity contribution >= 4 is 24.3 Å². The van der Waals surface area contributed by atoms with E-state index in [1.165, 1.54) is 5.56 Å². The van der Waals surface area contributed by atoms with E-state index in [0.717, 1.165) is 16.7 Å². The first-order valence-electron chi connectivity index (χ1n) is 9.51. The summed E-state index contributed by atoms with van der Waals surface area (Å²) in [7, 11) is 0. The van der Waals surface area contributed by atoms with Crippen LogP contribution in [0.15, 0.2) is 48.5 Å². The second kappa shape index (κ2) is 11.4. The fourth-order valence-corrected chi connectivity index (χ4v) is 3.12. The van der Waals surface area contributed by atoms with Crippen molar-refractivity contribution in [1.29, 1.82) is 0 Å². The normalized spacial score (nSPS) is 12.6. The monoisotopic (exact) mass is 418 g/mol. The standard InChI is InChI=1S/C22H30N4O2.ClH/c1-14(2)16-8-10-17(11-9-16)19(23)13-25-21(27)12-20(26-22(24)28)18-7-5-4-6-15(18)3;/h4-11,14,19-20H,12-13,23H2,1-3H3,(H,25,27)(H3,24,26,28);1H. The van der Waals surface area contributed by atoms with Crippen LogP contribution in [0.5, 0.6) is 0 Å². The van der Waals surface area contributed by atoms with Crippen molar-refractivity contribution in [3.8, 4) is 0 Å². The van der Waals surface area contributed by atoms with Crippen LogP contribution < -0.4 is 22.1 Å². The highest BCUT2D eigenvalue weighted by atomic mass is 35.5. The van der Waals surface area contributed by atoms with Gasteiger partial charge in [0.2, 0.25) is 5.91 Å². The zero-order valence-electron chi connectivity index (χ0n) is 17.1. The van der Waals surface area contributed by atoms with Gasteiger partial charge in [0.25, 0.3) is 0 Å². The third-order valence-corrected chi connectivity index (χ3v) is 4.82. The number of urea groups is 1. The van der Waals surface area contributed by atoms with Gasteiger partial charge in [-0.1, -0.05) is 62.4 Å². The Hall–Kier alpha value is -2.57. The van der Waals surface area contributed by atoms with Gasteiger partial charge in [0.15, 0.2) is 0 Å². The van der Waals surface area contributed by atoms with Crippen LogP contribution in [0.4, 0.5) is 4.79 Å². The smallest absolute Gasteiger partial charge is 0.312 e. The summed E-state index contributed by atoms with van der Waals surface area (Å²) in [6, 6.07) is 14.3. The molecule has 0 bridgehead atoms. The molecule has 0 aliphatic heterocycles. The molecule has 0 aliphatic carbocycles. The fraction of sp³-hybridized carbons (Fsp3) is 0.364. The predicted octanol–water partition coefficient (Wildman–Crippen LogP) is 3.46. The van der Waals surface area contributed by atoms with Crippen molar-refractivity contribution in [2.75, 3.05) is 6.54 Å². The molecule has 158 valence electrons. The van der Waals surface area contributed by atoms with Crippen LogP contribution in [0.1, 0.15) is 60.5 Å². The van der Waals surface area contributed by atoms with Gasteiger partial charge in [-0.3, -0.25) is 4.79 Å². The minimum absolute atomic E-state index is 0. The van der Waals surface area contributed by atoms with Gasteiger partial charge in [0.1, 0.15) is 0 Å². The van der Waals surface area contributed by atoms with E-state index in [0.29, 0.717) is 12.5 Å². The SMILES string of the molecule is Cc1ccccc1C(CC(=O)NCC(N)c1ccc(C(C)C)cc1)NC(N)=O.Cl. The summed E-state index contributed by atoms with van der Waals surface area (Å²) >= 11 is 0. The van der Waals surface area contributed by atoms with Gasteiger partial charge in [-0.2, -0.15) is 0 Å². The number of rotatable bonds is 8. The summed E-state index contributed by atoms with van der Waals surface area (Å²) in [6.45, 7) is 6.52. The molecule has 7 heteroatoms. The Morgan fingerprint density at radius 3 is 2.14 bits per heavy atom. The number of halogens is 1. The van der Waals surface area contributed by atoms with Crippen LogP contribution in [0.3, 0.4) is 0 Å². The number of nitrogens with two attached hydrogens (primary N) is 2. The Labute approximate surface area is 178 Å². The van der Waals surface area contributed by atoms with E-state index in [1.807, 2.05) is 43.3 Å². The molecule has 6 N–H and O–H groups in total. The zero-order valence-corrected chi connectivity index (χ0v) is 18.0. The van der Waals surface area contributed by atoms with Gasteiger partial charge in [0.05, 0.1) is 12.5 Å². The number of hydrogen-bond acceptors (Lipinski definition) is 3. The molecule has 0 aromatic heterocycles. The van der Waals surface area contributed by atoms with Gasteiger partial charge < -0.3 is 22.1 Å². The van der Waals surface area contributed by atoms with Crippen LogP contribution in [-0.4, -0.2) is 18.5 Å². The maximum Gasteiger partial charge on any atom is 0.312 e. The van der Waals surface area contributed by atoms with Crippen LogP contribution in [-0.2, 0) is 4.79 Å². The lowest BCUT2D eigenvalue weighted by atomic mass is 9.98. The van der Waals surface area contributed by atoms with Crippen LogP contribution in [0.25, 0.3) is 0 Å². The van der Waals surface area contributed by atoms with Crippen molar-refractivity contribution < 1.29 is 9.59 Å². The number of aryl methyl sites for hydroxylation is 1. The molecular formula is C22H31ClN4O2. The van der Waals surface area contributed by atoms with Crippen molar-refractivity contribution in [3.05, 3.63) is 70.8 Å². The number of carbonyl (C=O) groups is 2. The van der Waals surface area contributed by atoms with E-state index >= 15 is 0 Å². The maximum atomic E-state index is 12.4. The van der Waals surface area contributed by atoms with Crippen molar-refractivity contribution in [1.82, 2.24) is 10.6 Å². The summed E-state index contributed by atoms with van der Waals surface area (Å²) in [5, 5.41) is 5.51. The highest BCUT2D eigenvalue weighted by Crippen LogP contribution is 2.21. The summed E-state index contributed by atoms with van der Waals surface area (Å²) in [5.74, 6) is 0.261. The van der Waals surface area contributed by atoms with E-state index < -0.39 is 12.1 Å². The second-order valence-electron chi connectivity index (χ2n) is 7.35. The highest BCUT2D eigenvalue weighted by molar-refractivity contribution is 5.85. The van der Waals surface area contributed by atoms with Crippen molar-refractivity contribution in [3.63, 3.8) is 0 Å². The van der Waals surface area contributed by atoms with E-state index in [-0.39, 0.29) is 30.8 Å². The Kier molecular flexibility index (Phi) is 9.65. The molecule has 2 rings (SSSR count). The van der Waals surface area contributed by atoms with Gasteiger partial charge in [-0.15, -0.1) is 12.4 Å². The lowest BCUT2D eigenvalue weighted by Crippen LogP contribution is -2.38. The molecule has 0 spiro atoms. The molecule has 2 atom stereocenters. The molecule has 6 nitrogen and oxygen atoms in total. The Bertz CT molecular complexity index is 809. The number of primary amides is 1. The van der Waals surface area contributed by atoms with Crippen LogP contribution in [0.2, 0.25) is 0 Å². The van der Waals surface area contributed by atoms with Gasteiger partial charge in [-0.25, -0.2) is 4.79 Å². The first-order chi connectivity index (χ1) is 13.3. The molecule has 2 aromatic carbocycles. The van der Waals surface area contributed by atoms with E-state index in [4.69, 9.17) is 11.5 Å². The van der Waals surface area contributed by atoms with Crippen molar-refractivity contribution in [2.45, 2.75) is 45.2 Å². The number of hydrogen-bond donors (Lipinski definition) is 4. The Morgan fingerprint density at radius 2 is 1.59 bits per heavy atom. The van der Waals surface area contributed by atoms with Crippen LogP contribution in [0, 0.1) is 6.92 Å². The van der Waals surface area contributed by atoms with Gasteiger partial charge in [-0.05, 0) is 35.1 Å². The quantitative estimate of drug-likeness (QED) is 0.526. The minimum atomic E-state index is -0.664. The molecular weight excluding hydrogens is 388 g/mol. The summed E-state index contributed by atoms with van der Waals surface area (Å²) in [6.07, 6.45) is 0.0901. The Balaban J connectivity index is 0.00000420. The third-order valence-electron chi connectivity index (χ3n) is 4.82. The lowest BCUT2D eigenvalue weighted by molar-refractivity contribution is -0.121. The number of nitrogens with one attached hydrogen (secondary N) is 2. The van der Waals surface area contributed by atoms with Gasteiger partial charge in [0, 0.05) is 12.6 Å². The summed E-state index contributed by atoms with van der Waals surface area (Å²) < 4.78 is 0. The predicted molar refractivity (Wildman–Crippen MR) is 119 cm³/mol. The molecule has 0 aliphatic rings. The molecule has 29 heavy (non-hydrogen) atoms. The van der Waals surface area contributed by atoms with E-state index in [1.54, 1.807) is 0 Å². The first kappa shape index (κ1) is 24.5. The molecule has 0 saturated carbocycles. The van der Waals surface area contributed by atoms with Crippen molar-refractivity contribution in [2.24, 2.45) is 11.5 Å². The highest BCUT2D eigenvalue weighted by Gasteiger charge is 2.19. The molecule has 0 fully saturated rings. The molecule has 0 saturated heterocycles. The fourth-order valence-electron chi connectivity index (χ4n) is 3.12. The third kappa shape index (κ3) is 7.40. The largest absolute Gasteiger partial charge is 0.354 e. The van der Waals surface area contributed by atoms with Crippen LogP contribution >= 0.6 is 12.4 Å². The molecule has 2 unspecified atom stereocenters. The van der Waals surface area contributed by atoms with Gasteiger partial charge >= 0.3 is 6.03 Å². The molecule has 2 aromatic rings. The average molecular weight is 419 g/mol. The topological polar surface area (TPSA) is 110 Å². The first-order valence-corrected chi connectivity index (χ1v) is 9.51. The minimum Gasteiger partial charge on any atom is -0.354 e. The number of carbonyl (C=O) groups excluding carboxylic acids is 2. The lowest BCUT2D eigenvalue weighted by Gasteiger charge is -2.20. The van der Waals surface area contributed by atoms with E-state index in [2.05, 4.69) is 36.6 Å². The number of benzene rings is 2. The second-order valence-corrected chi connectivity index (χ2v) is 7.35. The summed E-state index contributed by atoms with van der Waals surface area (Å²) in [5.41, 5.74) is 15.6. The summed E-state index contributed by atoms with van der Waals surface area (Å²) in [4.78, 5) is 23.8. The number of amides is 3. The van der Waals surface area contributed by atoms with E-state index in [9.17, 15) is 9.59 Å². The molecule has 3 amide bonds. The Morgan fingerprint density at radius 1 is 1.00 bits per heavy atom. The molecule has 0 heterocycles. The average Bonchev–Trinajstić information content (AvgIpc) is 2.65. The zero-order chi connectivity index (χ0) is 20.7.